The van der Waals surface area contributed by atoms with Crippen LogP contribution in [0, 0.1) is 0 Å². The lowest BCUT2D eigenvalue weighted by atomic mass is 10.2. The standard InChI is InChI=1S/C19H21N3O3S3/c1-12(2)22(3)28(24,25)14-10-8-13(9-11-14)18(23)21-19-20-17-15(26-4)6-5-7-16(17)27-19/h5-12H,1-4H3,(H,20,21,23). The van der Waals surface area contributed by atoms with Crippen molar-refractivity contribution >= 4 is 54.4 Å². The first-order chi connectivity index (χ1) is 13.2. The Labute approximate surface area is 173 Å². The van der Waals surface area contributed by atoms with Gasteiger partial charge in [0.2, 0.25) is 10.0 Å². The van der Waals surface area contributed by atoms with Gasteiger partial charge in [-0.1, -0.05) is 17.4 Å². The lowest BCUT2D eigenvalue weighted by Crippen LogP contribution is -2.33. The van der Waals surface area contributed by atoms with E-state index in [0.717, 1.165) is 15.1 Å². The number of hydrogen-bond acceptors (Lipinski definition) is 6. The van der Waals surface area contributed by atoms with Crippen molar-refractivity contribution in [1.82, 2.24) is 9.29 Å². The van der Waals surface area contributed by atoms with Crippen LogP contribution in [0.5, 0.6) is 0 Å². The van der Waals surface area contributed by atoms with Crippen molar-refractivity contribution in [2.24, 2.45) is 0 Å². The zero-order chi connectivity index (χ0) is 20.5. The molecule has 0 aliphatic heterocycles. The van der Waals surface area contributed by atoms with Crippen molar-refractivity contribution < 1.29 is 13.2 Å². The molecule has 0 aliphatic rings. The highest BCUT2D eigenvalue weighted by atomic mass is 32.2. The number of thiazole rings is 1. The summed E-state index contributed by atoms with van der Waals surface area (Å²) in [5.41, 5.74) is 1.24. The molecule has 2 aromatic carbocycles. The Morgan fingerprint density at radius 2 is 1.86 bits per heavy atom. The predicted octanol–water partition coefficient (Wildman–Crippen LogP) is 4.30. The number of carbonyl (C=O) groups is 1. The number of hydrogen-bond donors (Lipinski definition) is 1. The highest BCUT2D eigenvalue weighted by Gasteiger charge is 2.23. The summed E-state index contributed by atoms with van der Waals surface area (Å²) in [5, 5.41) is 3.31. The van der Waals surface area contributed by atoms with Crippen LogP contribution >= 0.6 is 23.1 Å². The van der Waals surface area contributed by atoms with Gasteiger partial charge in [-0.05, 0) is 56.5 Å². The third kappa shape index (κ3) is 4.07. The molecule has 0 saturated heterocycles. The number of fused-ring (bicyclic) bond motifs is 1. The molecule has 3 aromatic rings. The molecule has 1 amide bonds. The van der Waals surface area contributed by atoms with Crippen molar-refractivity contribution in [2.45, 2.75) is 29.7 Å². The van der Waals surface area contributed by atoms with E-state index in [-0.39, 0.29) is 16.8 Å². The molecule has 0 bridgehead atoms. The van der Waals surface area contributed by atoms with E-state index in [4.69, 9.17) is 0 Å². The number of para-hydroxylation sites is 1. The fourth-order valence-electron chi connectivity index (χ4n) is 2.53. The third-order valence-corrected chi connectivity index (χ3v) is 8.10. The van der Waals surface area contributed by atoms with Gasteiger partial charge >= 0.3 is 0 Å². The monoisotopic (exact) mass is 435 g/mol. The average molecular weight is 436 g/mol. The van der Waals surface area contributed by atoms with E-state index >= 15 is 0 Å². The SMILES string of the molecule is CSc1cccc2sc(NC(=O)c3ccc(S(=O)(=O)N(C)C(C)C)cc3)nc12. The second kappa shape index (κ2) is 8.20. The molecule has 0 spiro atoms. The van der Waals surface area contributed by atoms with Crippen LogP contribution in [0.1, 0.15) is 24.2 Å². The van der Waals surface area contributed by atoms with Crippen LogP contribution in [0.15, 0.2) is 52.3 Å². The lowest BCUT2D eigenvalue weighted by Gasteiger charge is -2.20. The minimum absolute atomic E-state index is 0.154. The maximum Gasteiger partial charge on any atom is 0.257 e. The zero-order valence-electron chi connectivity index (χ0n) is 16.0. The van der Waals surface area contributed by atoms with Crippen molar-refractivity contribution in [1.29, 1.82) is 0 Å². The molecule has 148 valence electrons. The van der Waals surface area contributed by atoms with Crippen molar-refractivity contribution in [2.75, 3.05) is 18.6 Å². The number of rotatable bonds is 6. The summed E-state index contributed by atoms with van der Waals surface area (Å²) >= 11 is 3.01. The molecule has 0 atom stereocenters. The van der Waals surface area contributed by atoms with Gasteiger partial charge in [-0.25, -0.2) is 13.4 Å². The summed E-state index contributed by atoms with van der Waals surface area (Å²) in [7, 11) is -2.04. The molecule has 0 aliphatic carbocycles. The lowest BCUT2D eigenvalue weighted by molar-refractivity contribution is 0.102. The van der Waals surface area contributed by atoms with Crippen LogP contribution in [-0.2, 0) is 10.0 Å². The van der Waals surface area contributed by atoms with Gasteiger partial charge in [0.25, 0.3) is 5.91 Å². The minimum Gasteiger partial charge on any atom is -0.298 e. The second-order valence-electron chi connectivity index (χ2n) is 6.42. The topological polar surface area (TPSA) is 79.4 Å². The first kappa shape index (κ1) is 20.8. The quantitative estimate of drug-likeness (QED) is 0.584. The number of anilines is 1. The van der Waals surface area contributed by atoms with Gasteiger partial charge in [0.15, 0.2) is 5.13 Å². The number of carbonyl (C=O) groups excluding carboxylic acids is 1. The van der Waals surface area contributed by atoms with E-state index in [0.29, 0.717) is 10.7 Å². The molecule has 1 N–H and O–H groups in total. The first-order valence-electron chi connectivity index (χ1n) is 8.57. The van der Waals surface area contributed by atoms with E-state index in [1.807, 2.05) is 24.5 Å². The Morgan fingerprint density at radius 1 is 1.18 bits per heavy atom. The van der Waals surface area contributed by atoms with Gasteiger partial charge in [0.1, 0.15) is 0 Å². The fourth-order valence-corrected chi connectivity index (χ4v) is 5.42. The normalized spacial score (nSPS) is 12.1. The number of amides is 1. The maximum atomic E-state index is 12.5. The second-order valence-corrected chi connectivity index (χ2v) is 10.3. The maximum absolute atomic E-state index is 12.5. The van der Waals surface area contributed by atoms with Crippen LogP contribution in [0.3, 0.4) is 0 Å². The van der Waals surface area contributed by atoms with Gasteiger partial charge < -0.3 is 0 Å². The van der Waals surface area contributed by atoms with Gasteiger partial charge in [-0.3, -0.25) is 10.1 Å². The van der Waals surface area contributed by atoms with E-state index in [9.17, 15) is 13.2 Å². The van der Waals surface area contributed by atoms with Gasteiger partial charge in [0, 0.05) is 23.5 Å². The summed E-state index contributed by atoms with van der Waals surface area (Å²) in [5.74, 6) is -0.328. The summed E-state index contributed by atoms with van der Waals surface area (Å²) in [4.78, 5) is 18.3. The Morgan fingerprint density at radius 3 is 2.46 bits per heavy atom. The minimum atomic E-state index is -3.58. The summed E-state index contributed by atoms with van der Waals surface area (Å²) < 4.78 is 27.3. The number of benzene rings is 2. The fraction of sp³-hybridized carbons (Fsp3) is 0.263. The number of thioether (sulfide) groups is 1. The summed E-state index contributed by atoms with van der Waals surface area (Å²) in [6.07, 6.45) is 1.98. The van der Waals surface area contributed by atoms with Crippen LogP contribution in [0.4, 0.5) is 5.13 Å². The molecular formula is C19H21N3O3S3. The average Bonchev–Trinajstić information content (AvgIpc) is 3.09. The number of nitrogens with zero attached hydrogens (tertiary/aromatic N) is 2. The predicted molar refractivity (Wildman–Crippen MR) is 116 cm³/mol. The molecule has 1 heterocycles. The Bertz CT molecular complexity index is 1110. The highest BCUT2D eigenvalue weighted by Crippen LogP contribution is 2.32. The van der Waals surface area contributed by atoms with Gasteiger partial charge in [-0.2, -0.15) is 4.31 Å². The smallest absolute Gasteiger partial charge is 0.257 e. The zero-order valence-corrected chi connectivity index (χ0v) is 18.4. The van der Waals surface area contributed by atoms with Crippen LogP contribution in [0.2, 0.25) is 0 Å². The van der Waals surface area contributed by atoms with E-state index in [1.54, 1.807) is 25.6 Å². The Balaban J connectivity index is 1.80. The van der Waals surface area contributed by atoms with Crippen LogP contribution in [0.25, 0.3) is 10.2 Å². The molecule has 0 unspecified atom stereocenters. The summed E-state index contributed by atoms with van der Waals surface area (Å²) in [6.45, 7) is 3.61. The van der Waals surface area contributed by atoms with Gasteiger partial charge in [0.05, 0.1) is 15.1 Å². The number of sulfonamides is 1. The van der Waals surface area contributed by atoms with E-state index in [2.05, 4.69) is 10.3 Å². The molecule has 3 rings (SSSR count). The van der Waals surface area contributed by atoms with E-state index < -0.39 is 10.0 Å². The molecule has 1 aromatic heterocycles. The first-order valence-corrected chi connectivity index (χ1v) is 12.0. The Kier molecular flexibility index (Phi) is 6.09. The molecule has 6 nitrogen and oxygen atoms in total. The summed E-state index contributed by atoms with van der Waals surface area (Å²) in [6, 6.07) is 11.7. The largest absolute Gasteiger partial charge is 0.298 e. The number of aromatic nitrogens is 1. The molecule has 0 saturated carbocycles. The number of nitrogens with one attached hydrogen (secondary N) is 1. The molecule has 0 fully saturated rings. The molecule has 9 heteroatoms. The van der Waals surface area contributed by atoms with Crippen molar-refractivity contribution in [3.05, 3.63) is 48.0 Å². The van der Waals surface area contributed by atoms with Crippen molar-refractivity contribution in [3.8, 4) is 0 Å². The third-order valence-electron chi connectivity index (χ3n) is 4.34. The molecule has 28 heavy (non-hydrogen) atoms. The van der Waals surface area contributed by atoms with E-state index in [1.165, 1.54) is 47.0 Å². The van der Waals surface area contributed by atoms with Crippen molar-refractivity contribution in [3.63, 3.8) is 0 Å². The van der Waals surface area contributed by atoms with Crippen LogP contribution < -0.4 is 5.32 Å². The molecule has 0 radical (unpaired) electrons. The van der Waals surface area contributed by atoms with Gasteiger partial charge in [-0.15, -0.1) is 11.8 Å². The molecular weight excluding hydrogens is 414 g/mol. The van der Waals surface area contributed by atoms with Crippen LogP contribution in [-0.4, -0.2) is 43.0 Å². The highest BCUT2D eigenvalue weighted by molar-refractivity contribution is 7.98. The Hall–Kier alpha value is -1.94.